The molecule has 0 atom stereocenters. The molecule has 0 saturated heterocycles. The third-order valence-corrected chi connectivity index (χ3v) is 3.36. The van der Waals surface area contributed by atoms with Crippen LogP contribution in [0.4, 0.5) is 0 Å². The van der Waals surface area contributed by atoms with Gasteiger partial charge < -0.3 is 10.1 Å². The Morgan fingerprint density at radius 2 is 2.16 bits per heavy atom. The van der Waals surface area contributed by atoms with Gasteiger partial charge in [0, 0.05) is 25.2 Å². The topological polar surface area (TPSA) is 21.3 Å². The molecule has 106 valence electrons. The molecular weight excluding hydrogens is 258 g/mol. The Balaban J connectivity index is 2.76. The van der Waals surface area contributed by atoms with Crippen molar-refractivity contribution in [2.75, 3.05) is 26.8 Å². The Labute approximate surface area is 121 Å². The van der Waals surface area contributed by atoms with Gasteiger partial charge in [0.25, 0.3) is 0 Å². The van der Waals surface area contributed by atoms with Gasteiger partial charge in [0.2, 0.25) is 0 Å². The molecule has 0 fully saturated rings. The quantitative estimate of drug-likeness (QED) is 0.765. The lowest BCUT2D eigenvalue weighted by Gasteiger charge is -2.14. The van der Waals surface area contributed by atoms with Crippen molar-refractivity contribution in [1.82, 2.24) is 5.32 Å². The van der Waals surface area contributed by atoms with Crippen molar-refractivity contribution < 1.29 is 4.74 Å². The van der Waals surface area contributed by atoms with E-state index in [2.05, 4.69) is 38.2 Å². The molecule has 0 amide bonds. The van der Waals surface area contributed by atoms with E-state index in [-0.39, 0.29) is 0 Å². The molecule has 0 radical (unpaired) electrons. The van der Waals surface area contributed by atoms with Crippen LogP contribution in [0.1, 0.15) is 25.0 Å². The van der Waals surface area contributed by atoms with Crippen LogP contribution in [-0.2, 0) is 4.74 Å². The van der Waals surface area contributed by atoms with Gasteiger partial charge in [-0.25, -0.2) is 0 Å². The van der Waals surface area contributed by atoms with Crippen LogP contribution in [0.5, 0.6) is 0 Å². The maximum absolute atomic E-state index is 5.99. The lowest BCUT2D eigenvalue weighted by Crippen LogP contribution is -2.23. The molecule has 0 unspecified atom stereocenters. The van der Waals surface area contributed by atoms with Crippen LogP contribution in [0.15, 0.2) is 23.8 Å². The van der Waals surface area contributed by atoms with Crippen LogP contribution in [0.25, 0.3) is 6.08 Å². The summed E-state index contributed by atoms with van der Waals surface area (Å²) < 4.78 is 5.04. The van der Waals surface area contributed by atoms with E-state index in [4.69, 9.17) is 16.3 Å². The summed E-state index contributed by atoms with van der Waals surface area (Å²) in [5.41, 5.74) is 3.84. The predicted octanol–water partition coefficient (Wildman–Crippen LogP) is 3.92. The van der Waals surface area contributed by atoms with Gasteiger partial charge in [0.05, 0.1) is 6.61 Å². The molecule has 1 rings (SSSR count). The van der Waals surface area contributed by atoms with Crippen LogP contribution >= 0.6 is 11.6 Å². The second-order valence-electron chi connectivity index (χ2n) is 5.04. The summed E-state index contributed by atoms with van der Waals surface area (Å²) in [4.78, 5) is 0. The van der Waals surface area contributed by atoms with E-state index < -0.39 is 0 Å². The number of halogens is 1. The van der Waals surface area contributed by atoms with Crippen LogP contribution in [-0.4, -0.2) is 26.8 Å². The molecule has 0 aromatic heterocycles. The highest BCUT2D eigenvalue weighted by atomic mass is 35.5. The van der Waals surface area contributed by atoms with Gasteiger partial charge in [-0.1, -0.05) is 43.2 Å². The SMILES string of the molecule is COCCNC/C(=C/c1ccc(Cl)cc1C)C(C)C. The third-order valence-electron chi connectivity index (χ3n) is 3.13. The molecule has 0 aliphatic carbocycles. The Morgan fingerprint density at radius 3 is 2.74 bits per heavy atom. The number of hydrogen-bond donors (Lipinski definition) is 1. The lowest BCUT2D eigenvalue weighted by atomic mass is 9.98. The fraction of sp³-hybridized carbons (Fsp3) is 0.500. The highest BCUT2D eigenvalue weighted by molar-refractivity contribution is 6.30. The molecule has 0 bridgehead atoms. The number of nitrogens with one attached hydrogen (secondary N) is 1. The summed E-state index contributed by atoms with van der Waals surface area (Å²) in [7, 11) is 1.72. The summed E-state index contributed by atoms with van der Waals surface area (Å²) in [6.45, 7) is 9.03. The van der Waals surface area contributed by atoms with Gasteiger partial charge in [0.1, 0.15) is 0 Å². The zero-order valence-corrected chi connectivity index (χ0v) is 13.1. The Morgan fingerprint density at radius 1 is 1.42 bits per heavy atom. The maximum atomic E-state index is 5.99. The molecule has 0 spiro atoms. The van der Waals surface area contributed by atoms with Crippen LogP contribution < -0.4 is 5.32 Å². The normalized spacial score (nSPS) is 12.2. The molecule has 0 aliphatic rings. The van der Waals surface area contributed by atoms with Crippen molar-refractivity contribution in [2.45, 2.75) is 20.8 Å². The molecule has 19 heavy (non-hydrogen) atoms. The lowest BCUT2D eigenvalue weighted by molar-refractivity contribution is 0.200. The highest BCUT2D eigenvalue weighted by Crippen LogP contribution is 2.20. The van der Waals surface area contributed by atoms with Crippen molar-refractivity contribution >= 4 is 17.7 Å². The van der Waals surface area contributed by atoms with E-state index in [1.54, 1.807) is 7.11 Å². The zero-order chi connectivity index (χ0) is 14.3. The number of methoxy groups -OCH3 is 1. The number of hydrogen-bond acceptors (Lipinski definition) is 2. The zero-order valence-electron chi connectivity index (χ0n) is 12.3. The largest absolute Gasteiger partial charge is 0.383 e. The van der Waals surface area contributed by atoms with Crippen molar-refractivity contribution in [3.63, 3.8) is 0 Å². The van der Waals surface area contributed by atoms with Crippen molar-refractivity contribution in [2.24, 2.45) is 5.92 Å². The van der Waals surface area contributed by atoms with Crippen LogP contribution in [0, 0.1) is 12.8 Å². The Kier molecular flexibility index (Phi) is 7.14. The van der Waals surface area contributed by atoms with Gasteiger partial charge in [-0.2, -0.15) is 0 Å². The van der Waals surface area contributed by atoms with E-state index in [0.29, 0.717) is 5.92 Å². The first-order chi connectivity index (χ1) is 9.04. The molecule has 1 aromatic rings. The molecule has 0 saturated carbocycles. The molecule has 3 heteroatoms. The standard InChI is InChI=1S/C16H24ClNO/c1-12(2)15(11-18-7-8-19-4)10-14-5-6-16(17)9-13(14)3/h5-6,9-10,12,18H,7-8,11H2,1-4H3/b15-10-. The molecular formula is C16H24ClNO. The number of benzene rings is 1. The van der Waals surface area contributed by atoms with Crippen LogP contribution in [0.2, 0.25) is 5.02 Å². The molecule has 2 nitrogen and oxygen atoms in total. The van der Waals surface area contributed by atoms with E-state index in [1.807, 2.05) is 12.1 Å². The maximum Gasteiger partial charge on any atom is 0.0587 e. The van der Waals surface area contributed by atoms with Gasteiger partial charge in [-0.3, -0.25) is 0 Å². The summed E-state index contributed by atoms with van der Waals surface area (Å²) in [5, 5.41) is 4.19. The first kappa shape index (κ1) is 16.2. The van der Waals surface area contributed by atoms with E-state index in [1.165, 1.54) is 16.7 Å². The van der Waals surface area contributed by atoms with Crippen molar-refractivity contribution in [1.29, 1.82) is 0 Å². The number of aryl methyl sites for hydroxylation is 1. The Hall–Kier alpha value is -0.830. The van der Waals surface area contributed by atoms with E-state index in [9.17, 15) is 0 Å². The smallest absolute Gasteiger partial charge is 0.0587 e. The predicted molar refractivity (Wildman–Crippen MR) is 83.7 cm³/mol. The monoisotopic (exact) mass is 281 g/mol. The minimum absolute atomic E-state index is 0.519. The molecule has 0 heterocycles. The van der Waals surface area contributed by atoms with Crippen LogP contribution in [0.3, 0.4) is 0 Å². The van der Waals surface area contributed by atoms with Crippen molar-refractivity contribution in [3.05, 3.63) is 39.9 Å². The summed E-state index contributed by atoms with van der Waals surface area (Å²) in [6, 6.07) is 6.02. The average molecular weight is 282 g/mol. The van der Waals surface area contributed by atoms with Gasteiger partial charge in [-0.05, 0) is 36.1 Å². The van der Waals surface area contributed by atoms with Gasteiger partial charge >= 0.3 is 0 Å². The Bertz CT molecular complexity index is 427. The molecule has 1 N–H and O–H groups in total. The highest BCUT2D eigenvalue weighted by Gasteiger charge is 2.05. The van der Waals surface area contributed by atoms with Gasteiger partial charge in [-0.15, -0.1) is 0 Å². The minimum atomic E-state index is 0.519. The average Bonchev–Trinajstić information content (AvgIpc) is 2.35. The summed E-state index contributed by atoms with van der Waals surface area (Å²) in [5.74, 6) is 0.519. The first-order valence-corrected chi connectivity index (χ1v) is 7.08. The molecule has 0 aliphatic heterocycles. The van der Waals surface area contributed by atoms with E-state index in [0.717, 1.165) is 24.7 Å². The molecule has 1 aromatic carbocycles. The van der Waals surface area contributed by atoms with Gasteiger partial charge in [0.15, 0.2) is 0 Å². The second kappa shape index (κ2) is 8.36. The number of ether oxygens (including phenoxy) is 1. The third kappa shape index (κ3) is 5.77. The summed E-state index contributed by atoms with van der Waals surface area (Å²) >= 11 is 5.99. The number of rotatable bonds is 7. The second-order valence-corrected chi connectivity index (χ2v) is 5.48. The minimum Gasteiger partial charge on any atom is -0.383 e. The first-order valence-electron chi connectivity index (χ1n) is 6.71. The fourth-order valence-electron chi connectivity index (χ4n) is 1.83. The summed E-state index contributed by atoms with van der Waals surface area (Å²) in [6.07, 6.45) is 2.26. The van der Waals surface area contributed by atoms with Crippen molar-refractivity contribution in [3.8, 4) is 0 Å². The van der Waals surface area contributed by atoms with E-state index >= 15 is 0 Å². The fourth-order valence-corrected chi connectivity index (χ4v) is 2.06.